The zero-order valence-corrected chi connectivity index (χ0v) is 13.5. The average Bonchev–Trinajstić information content (AvgIpc) is 2.70. The molecular formula is C14H19Cl2N3O2. The molecule has 0 aliphatic carbocycles. The molecule has 1 amide bonds. The second kappa shape index (κ2) is 7.94. The third-order valence-corrected chi connectivity index (χ3v) is 4.03. The predicted molar refractivity (Wildman–Crippen MR) is 83.1 cm³/mol. The highest BCUT2D eigenvalue weighted by Gasteiger charge is 2.22. The van der Waals surface area contributed by atoms with Crippen molar-refractivity contribution in [3.63, 3.8) is 0 Å². The Morgan fingerprint density at radius 3 is 2.81 bits per heavy atom. The van der Waals surface area contributed by atoms with E-state index in [-0.39, 0.29) is 16.2 Å². The van der Waals surface area contributed by atoms with Crippen molar-refractivity contribution < 1.29 is 9.53 Å². The number of carbonyl (C=O) groups excluding carboxylic acids is 1. The Bertz CT molecular complexity index is 499. The van der Waals surface area contributed by atoms with Gasteiger partial charge in [0.1, 0.15) is 10.3 Å². The van der Waals surface area contributed by atoms with Crippen molar-refractivity contribution >= 4 is 29.1 Å². The van der Waals surface area contributed by atoms with Gasteiger partial charge in [-0.05, 0) is 25.1 Å². The fourth-order valence-corrected chi connectivity index (χ4v) is 2.79. The van der Waals surface area contributed by atoms with Gasteiger partial charge in [0.2, 0.25) is 0 Å². The van der Waals surface area contributed by atoms with Gasteiger partial charge < -0.3 is 9.64 Å². The first-order chi connectivity index (χ1) is 10.1. The van der Waals surface area contributed by atoms with E-state index in [0.29, 0.717) is 18.7 Å². The van der Waals surface area contributed by atoms with E-state index in [4.69, 9.17) is 27.9 Å². The summed E-state index contributed by atoms with van der Waals surface area (Å²) in [4.78, 5) is 20.6. The molecular weight excluding hydrogens is 313 g/mol. The summed E-state index contributed by atoms with van der Waals surface area (Å²) in [6.45, 7) is 4.82. The van der Waals surface area contributed by atoms with Crippen LogP contribution in [-0.4, -0.2) is 67.1 Å². The number of halogens is 2. The molecule has 1 aliphatic heterocycles. The van der Waals surface area contributed by atoms with Crippen LogP contribution in [0.3, 0.4) is 0 Å². The first kappa shape index (κ1) is 16.5. The summed E-state index contributed by atoms with van der Waals surface area (Å²) in [7, 11) is 1.70. The van der Waals surface area contributed by atoms with Crippen LogP contribution < -0.4 is 0 Å². The van der Waals surface area contributed by atoms with Crippen LogP contribution in [0.2, 0.25) is 10.3 Å². The first-order valence-electron chi connectivity index (χ1n) is 6.94. The van der Waals surface area contributed by atoms with Crippen molar-refractivity contribution in [2.75, 3.05) is 46.4 Å². The molecule has 0 spiro atoms. The Kier molecular flexibility index (Phi) is 6.23. The number of carbonyl (C=O) groups is 1. The van der Waals surface area contributed by atoms with Gasteiger partial charge in [0.05, 0.1) is 12.2 Å². The molecule has 0 bridgehead atoms. The number of aromatic nitrogens is 1. The van der Waals surface area contributed by atoms with Crippen LogP contribution in [0.5, 0.6) is 0 Å². The van der Waals surface area contributed by atoms with Gasteiger partial charge in [-0.2, -0.15) is 0 Å². The number of hydrogen-bond acceptors (Lipinski definition) is 4. The van der Waals surface area contributed by atoms with E-state index >= 15 is 0 Å². The van der Waals surface area contributed by atoms with Gasteiger partial charge in [0.15, 0.2) is 0 Å². The number of hydrogen-bond donors (Lipinski definition) is 0. The molecule has 0 atom stereocenters. The second-order valence-corrected chi connectivity index (χ2v) is 5.70. The smallest absolute Gasteiger partial charge is 0.257 e. The zero-order valence-electron chi connectivity index (χ0n) is 12.0. The second-order valence-electron chi connectivity index (χ2n) is 4.95. The Labute approximate surface area is 134 Å². The number of methoxy groups -OCH3 is 1. The minimum absolute atomic E-state index is 0.0854. The van der Waals surface area contributed by atoms with E-state index in [9.17, 15) is 4.79 Å². The summed E-state index contributed by atoms with van der Waals surface area (Å²) in [5.41, 5.74) is 0.409. The molecule has 5 nitrogen and oxygen atoms in total. The maximum Gasteiger partial charge on any atom is 0.257 e. The van der Waals surface area contributed by atoms with Crippen LogP contribution in [0, 0.1) is 0 Å². The van der Waals surface area contributed by atoms with Crippen molar-refractivity contribution in [3.8, 4) is 0 Å². The summed E-state index contributed by atoms with van der Waals surface area (Å²) < 4.78 is 5.10. The number of nitrogens with zero attached hydrogens (tertiary/aromatic N) is 3. The summed E-state index contributed by atoms with van der Waals surface area (Å²) in [5.74, 6) is -0.0854. The van der Waals surface area contributed by atoms with E-state index in [1.807, 2.05) is 4.90 Å². The van der Waals surface area contributed by atoms with Crippen molar-refractivity contribution in [2.45, 2.75) is 6.42 Å². The molecule has 1 fully saturated rings. The van der Waals surface area contributed by atoms with Crippen LogP contribution in [0.1, 0.15) is 16.8 Å². The molecule has 0 unspecified atom stereocenters. The highest BCUT2D eigenvalue weighted by Crippen LogP contribution is 2.19. The van der Waals surface area contributed by atoms with Gasteiger partial charge in [0.25, 0.3) is 5.91 Å². The Hall–Kier alpha value is -0.880. The Morgan fingerprint density at radius 1 is 1.29 bits per heavy atom. The van der Waals surface area contributed by atoms with Crippen LogP contribution in [0.4, 0.5) is 0 Å². The zero-order chi connectivity index (χ0) is 15.2. The Morgan fingerprint density at radius 2 is 2.10 bits per heavy atom. The van der Waals surface area contributed by atoms with Crippen LogP contribution in [0.15, 0.2) is 12.1 Å². The highest BCUT2D eigenvalue weighted by molar-refractivity contribution is 6.34. The monoisotopic (exact) mass is 331 g/mol. The van der Waals surface area contributed by atoms with Crippen molar-refractivity contribution in [2.24, 2.45) is 0 Å². The Balaban J connectivity index is 1.99. The van der Waals surface area contributed by atoms with Gasteiger partial charge in [-0.25, -0.2) is 4.98 Å². The molecule has 0 aromatic carbocycles. The van der Waals surface area contributed by atoms with E-state index in [1.165, 1.54) is 0 Å². The lowest BCUT2D eigenvalue weighted by Gasteiger charge is -2.22. The molecule has 1 aromatic heterocycles. The summed E-state index contributed by atoms with van der Waals surface area (Å²) in [6, 6.07) is 3.22. The molecule has 2 heterocycles. The normalized spacial score (nSPS) is 16.8. The average molecular weight is 332 g/mol. The number of amides is 1. The van der Waals surface area contributed by atoms with Crippen molar-refractivity contribution in [3.05, 3.63) is 28.0 Å². The molecule has 1 aromatic rings. The first-order valence-corrected chi connectivity index (χ1v) is 7.70. The van der Waals surface area contributed by atoms with Crippen molar-refractivity contribution in [1.29, 1.82) is 0 Å². The number of rotatable bonds is 4. The van der Waals surface area contributed by atoms with Crippen molar-refractivity contribution in [1.82, 2.24) is 14.8 Å². The third kappa shape index (κ3) is 4.54. The lowest BCUT2D eigenvalue weighted by molar-refractivity contribution is 0.0759. The summed E-state index contributed by atoms with van der Waals surface area (Å²) in [5, 5.41) is 0.450. The van der Waals surface area contributed by atoms with E-state index in [0.717, 1.165) is 32.6 Å². The minimum atomic E-state index is -0.0854. The maximum absolute atomic E-state index is 12.5. The molecule has 0 radical (unpaired) electrons. The molecule has 1 aliphatic rings. The number of pyridine rings is 1. The molecule has 116 valence electrons. The highest BCUT2D eigenvalue weighted by atomic mass is 35.5. The van der Waals surface area contributed by atoms with E-state index in [2.05, 4.69) is 9.88 Å². The summed E-state index contributed by atoms with van der Waals surface area (Å²) in [6.07, 6.45) is 0.939. The van der Waals surface area contributed by atoms with Gasteiger partial charge in [-0.15, -0.1) is 0 Å². The quantitative estimate of drug-likeness (QED) is 0.793. The van der Waals surface area contributed by atoms with Crippen LogP contribution >= 0.6 is 23.2 Å². The minimum Gasteiger partial charge on any atom is -0.383 e. The third-order valence-electron chi connectivity index (χ3n) is 3.53. The molecule has 2 rings (SSSR count). The van der Waals surface area contributed by atoms with Gasteiger partial charge >= 0.3 is 0 Å². The molecule has 0 N–H and O–H groups in total. The van der Waals surface area contributed by atoms with Gasteiger partial charge in [0, 0.05) is 33.3 Å². The lowest BCUT2D eigenvalue weighted by Crippen LogP contribution is -2.36. The molecule has 1 saturated heterocycles. The van der Waals surface area contributed by atoms with E-state index < -0.39 is 0 Å². The standard InChI is InChI=1S/C14H19Cl2N3O2/c1-21-10-9-18-5-2-6-19(8-7-18)14(20)11-3-4-12(15)17-13(11)16/h3-4H,2,5-10H2,1H3. The lowest BCUT2D eigenvalue weighted by atomic mass is 10.2. The summed E-state index contributed by atoms with van der Waals surface area (Å²) >= 11 is 11.8. The van der Waals surface area contributed by atoms with E-state index in [1.54, 1.807) is 19.2 Å². The van der Waals surface area contributed by atoms with Gasteiger partial charge in [-0.3, -0.25) is 9.69 Å². The maximum atomic E-state index is 12.5. The molecule has 0 saturated carbocycles. The van der Waals surface area contributed by atoms with Crippen LogP contribution in [-0.2, 0) is 4.74 Å². The largest absolute Gasteiger partial charge is 0.383 e. The SMILES string of the molecule is COCCN1CCCN(C(=O)c2ccc(Cl)nc2Cl)CC1. The van der Waals surface area contributed by atoms with Crippen LogP contribution in [0.25, 0.3) is 0 Å². The topological polar surface area (TPSA) is 45.7 Å². The predicted octanol–water partition coefficient (Wildman–Crippen LogP) is 2.18. The molecule has 7 heteroatoms. The fourth-order valence-electron chi connectivity index (χ4n) is 2.36. The fraction of sp³-hybridized carbons (Fsp3) is 0.571. The van der Waals surface area contributed by atoms with Gasteiger partial charge in [-0.1, -0.05) is 23.2 Å². The number of ether oxygens (including phenoxy) is 1. The molecule has 21 heavy (non-hydrogen) atoms.